The summed E-state index contributed by atoms with van der Waals surface area (Å²) in [5.74, 6) is 0.176. The summed E-state index contributed by atoms with van der Waals surface area (Å²) >= 11 is 0. The molecule has 1 aromatic heterocycles. The van der Waals surface area contributed by atoms with Crippen molar-refractivity contribution in [1.29, 1.82) is 0 Å². The minimum Gasteiger partial charge on any atom is -0.343 e. The molecule has 7 nitrogen and oxygen atoms in total. The summed E-state index contributed by atoms with van der Waals surface area (Å²) in [5, 5.41) is 4.09. The number of carbonyl (C=O) groups excluding carboxylic acids is 3. The minimum absolute atomic E-state index is 0.0557. The first-order chi connectivity index (χ1) is 15.8. The van der Waals surface area contributed by atoms with Gasteiger partial charge in [0.1, 0.15) is 0 Å². The molecule has 0 aliphatic carbocycles. The summed E-state index contributed by atoms with van der Waals surface area (Å²) in [7, 11) is 1.80. The van der Waals surface area contributed by atoms with Crippen LogP contribution in [0.3, 0.4) is 0 Å². The first-order valence-electron chi connectivity index (χ1n) is 11.6. The zero-order valence-electron chi connectivity index (χ0n) is 19.7. The van der Waals surface area contributed by atoms with Gasteiger partial charge in [-0.25, -0.2) is 0 Å². The standard InChI is InChI=1S/C26H32N4O3/c1-26(2,13-23-12-20-6-4-5-7-21(20)17-30(23)18-31)14-24(32)29-10-8-19(9-11-29)25(33)22-15-27-28(3)16-22/h4-7,12,15-16,18-19H,8-11,13-14,17H2,1-3H3. The molecule has 0 radical (unpaired) electrons. The molecule has 1 fully saturated rings. The molecule has 33 heavy (non-hydrogen) atoms. The Kier molecular flexibility index (Phi) is 6.49. The topological polar surface area (TPSA) is 75.5 Å². The number of aromatic nitrogens is 2. The van der Waals surface area contributed by atoms with Crippen LogP contribution in [0.5, 0.6) is 0 Å². The number of nitrogens with zero attached hydrogens (tertiary/aromatic N) is 4. The predicted molar refractivity (Wildman–Crippen MR) is 126 cm³/mol. The summed E-state index contributed by atoms with van der Waals surface area (Å²) in [6.45, 7) is 5.92. The van der Waals surface area contributed by atoms with Crippen LogP contribution in [0.4, 0.5) is 0 Å². The number of rotatable bonds is 7. The fraction of sp³-hybridized carbons (Fsp3) is 0.462. The Morgan fingerprint density at radius 3 is 2.58 bits per heavy atom. The number of ketones is 1. The van der Waals surface area contributed by atoms with Crippen molar-refractivity contribution >= 4 is 24.2 Å². The fourth-order valence-corrected chi connectivity index (χ4v) is 4.87. The maximum Gasteiger partial charge on any atom is 0.223 e. The maximum absolute atomic E-state index is 13.1. The lowest BCUT2D eigenvalue weighted by molar-refractivity contribution is -0.134. The minimum atomic E-state index is -0.293. The Morgan fingerprint density at radius 2 is 1.91 bits per heavy atom. The Labute approximate surface area is 195 Å². The van der Waals surface area contributed by atoms with Gasteiger partial charge in [0.05, 0.1) is 18.3 Å². The number of hydrogen-bond acceptors (Lipinski definition) is 4. The number of carbonyl (C=O) groups is 3. The Hall–Kier alpha value is -3.22. The summed E-state index contributed by atoms with van der Waals surface area (Å²) < 4.78 is 1.64. The zero-order valence-corrected chi connectivity index (χ0v) is 19.7. The number of likely N-dealkylation sites (tertiary alicyclic amines) is 1. The molecule has 2 aromatic rings. The van der Waals surface area contributed by atoms with Gasteiger partial charge in [0.15, 0.2) is 5.78 Å². The molecule has 174 valence electrons. The van der Waals surface area contributed by atoms with Gasteiger partial charge in [-0.05, 0) is 41.9 Å². The number of fused-ring (bicyclic) bond motifs is 1. The third-order valence-corrected chi connectivity index (χ3v) is 6.71. The fourth-order valence-electron chi connectivity index (χ4n) is 4.87. The van der Waals surface area contributed by atoms with E-state index in [2.05, 4.69) is 31.1 Å². The van der Waals surface area contributed by atoms with E-state index in [9.17, 15) is 14.4 Å². The van der Waals surface area contributed by atoms with Gasteiger partial charge in [0, 0.05) is 44.4 Å². The van der Waals surface area contributed by atoms with Crippen LogP contribution in [0.25, 0.3) is 6.08 Å². The van der Waals surface area contributed by atoms with Crippen LogP contribution in [0.2, 0.25) is 0 Å². The lowest BCUT2D eigenvalue weighted by atomic mass is 9.81. The van der Waals surface area contributed by atoms with E-state index in [-0.39, 0.29) is 23.0 Å². The van der Waals surface area contributed by atoms with Gasteiger partial charge in [-0.2, -0.15) is 5.10 Å². The lowest BCUT2D eigenvalue weighted by Crippen LogP contribution is -2.42. The van der Waals surface area contributed by atoms with Crippen molar-refractivity contribution in [2.24, 2.45) is 18.4 Å². The Bertz CT molecular complexity index is 1080. The zero-order chi connectivity index (χ0) is 23.6. The molecule has 0 spiro atoms. The second-order valence-corrected chi connectivity index (χ2v) is 10.0. The molecule has 3 heterocycles. The normalized spacial score (nSPS) is 16.9. The van der Waals surface area contributed by atoms with E-state index in [0.717, 1.165) is 23.2 Å². The molecule has 2 aliphatic rings. The number of amides is 2. The SMILES string of the molecule is Cn1cc(C(=O)C2CCN(C(=O)CC(C)(C)CC3=Cc4ccccc4CN3C=O)CC2)cn1. The summed E-state index contributed by atoms with van der Waals surface area (Å²) in [5.41, 5.74) is 3.56. The van der Waals surface area contributed by atoms with E-state index < -0.39 is 0 Å². The third kappa shape index (κ3) is 5.24. The van der Waals surface area contributed by atoms with E-state index in [1.807, 2.05) is 23.1 Å². The molecule has 0 saturated carbocycles. The number of hydrogen-bond donors (Lipinski definition) is 0. The molecule has 1 saturated heterocycles. The van der Waals surface area contributed by atoms with Gasteiger partial charge in [-0.3, -0.25) is 19.1 Å². The van der Waals surface area contributed by atoms with E-state index in [4.69, 9.17) is 0 Å². The highest BCUT2D eigenvalue weighted by molar-refractivity contribution is 5.97. The number of allylic oxidation sites excluding steroid dienone is 1. The smallest absolute Gasteiger partial charge is 0.223 e. The van der Waals surface area contributed by atoms with Crippen LogP contribution < -0.4 is 0 Å². The summed E-state index contributed by atoms with van der Waals surface area (Å²) in [6.07, 6.45) is 8.72. The van der Waals surface area contributed by atoms with Crippen molar-refractivity contribution in [3.8, 4) is 0 Å². The van der Waals surface area contributed by atoms with Gasteiger partial charge in [-0.1, -0.05) is 38.1 Å². The quantitative estimate of drug-likeness (QED) is 0.479. The van der Waals surface area contributed by atoms with Gasteiger partial charge in [-0.15, -0.1) is 0 Å². The highest BCUT2D eigenvalue weighted by atomic mass is 16.2. The highest BCUT2D eigenvalue weighted by Crippen LogP contribution is 2.35. The van der Waals surface area contributed by atoms with Crippen molar-refractivity contribution in [3.05, 3.63) is 59.0 Å². The molecule has 4 rings (SSSR count). The van der Waals surface area contributed by atoms with Crippen molar-refractivity contribution in [1.82, 2.24) is 19.6 Å². The number of Topliss-reactive ketones (excluding diaryl/α,β-unsaturated/α-hetero) is 1. The van der Waals surface area contributed by atoms with Crippen molar-refractivity contribution in [2.75, 3.05) is 13.1 Å². The lowest BCUT2D eigenvalue weighted by Gasteiger charge is -2.36. The van der Waals surface area contributed by atoms with Crippen LogP contribution in [-0.2, 0) is 23.2 Å². The first kappa shape index (κ1) is 23.0. The van der Waals surface area contributed by atoms with E-state index >= 15 is 0 Å². The van der Waals surface area contributed by atoms with Crippen LogP contribution in [-0.4, -0.2) is 50.8 Å². The van der Waals surface area contributed by atoms with Crippen LogP contribution in [0.1, 0.15) is 61.0 Å². The van der Waals surface area contributed by atoms with Crippen LogP contribution in [0, 0.1) is 11.3 Å². The summed E-state index contributed by atoms with van der Waals surface area (Å²) in [6, 6.07) is 8.08. The molecule has 0 bridgehead atoms. The van der Waals surface area contributed by atoms with E-state index in [1.54, 1.807) is 29.0 Å². The molecule has 0 unspecified atom stereocenters. The van der Waals surface area contributed by atoms with Crippen molar-refractivity contribution in [3.63, 3.8) is 0 Å². The van der Waals surface area contributed by atoms with Crippen LogP contribution >= 0.6 is 0 Å². The number of aryl methyl sites for hydroxylation is 1. The predicted octanol–water partition coefficient (Wildman–Crippen LogP) is 3.66. The second-order valence-electron chi connectivity index (χ2n) is 10.0. The molecule has 2 aliphatic heterocycles. The summed E-state index contributed by atoms with van der Waals surface area (Å²) in [4.78, 5) is 41.1. The largest absolute Gasteiger partial charge is 0.343 e. The molecule has 0 N–H and O–H groups in total. The molecular formula is C26H32N4O3. The molecule has 1 aromatic carbocycles. The maximum atomic E-state index is 13.1. The average Bonchev–Trinajstić information content (AvgIpc) is 3.23. The van der Waals surface area contributed by atoms with E-state index in [0.29, 0.717) is 50.9 Å². The number of piperidine rings is 1. The van der Waals surface area contributed by atoms with Crippen molar-refractivity contribution in [2.45, 2.75) is 46.1 Å². The Balaban J connectivity index is 1.35. The van der Waals surface area contributed by atoms with Gasteiger partial charge in [0.2, 0.25) is 12.3 Å². The van der Waals surface area contributed by atoms with Gasteiger partial charge >= 0.3 is 0 Å². The van der Waals surface area contributed by atoms with Gasteiger partial charge in [0.25, 0.3) is 0 Å². The monoisotopic (exact) mass is 448 g/mol. The molecule has 7 heteroatoms. The second kappa shape index (κ2) is 9.33. The van der Waals surface area contributed by atoms with Gasteiger partial charge < -0.3 is 9.80 Å². The van der Waals surface area contributed by atoms with E-state index in [1.165, 1.54) is 0 Å². The van der Waals surface area contributed by atoms with Crippen LogP contribution in [0.15, 0.2) is 42.4 Å². The average molecular weight is 449 g/mol. The Morgan fingerprint density at radius 1 is 1.18 bits per heavy atom. The third-order valence-electron chi connectivity index (χ3n) is 6.71. The molecule has 2 amide bonds. The molecular weight excluding hydrogens is 416 g/mol. The van der Waals surface area contributed by atoms with Crippen molar-refractivity contribution < 1.29 is 14.4 Å². The molecule has 0 atom stereocenters. The number of benzene rings is 1. The first-order valence-corrected chi connectivity index (χ1v) is 11.6. The highest BCUT2D eigenvalue weighted by Gasteiger charge is 2.32.